The first-order valence-electron chi connectivity index (χ1n) is 5.37. The Morgan fingerprint density at radius 2 is 1.88 bits per heavy atom. The van der Waals surface area contributed by atoms with Crippen molar-refractivity contribution in [1.82, 2.24) is 4.90 Å². The molecule has 1 saturated heterocycles. The molecule has 2 aliphatic rings. The summed E-state index contributed by atoms with van der Waals surface area (Å²) in [5, 5.41) is 8.80. The Kier molecular flexibility index (Phi) is 2.59. The number of likely N-dealkylation sites (tertiary alicyclic amines) is 1. The number of carbonyl (C=O) groups excluding carboxylic acids is 1. The van der Waals surface area contributed by atoms with Crippen molar-refractivity contribution < 1.29 is 27.9 Å². The van der Waals surface area contributed by atoms with Crippen LogP contribution in [0.5, 0.6) is 0 Å². The normalized spacial score (nSPS) is 29.5. The number of carboxylic acid groups (broad SMARTS) is 1. The van der Waals surface area contributed by atoms with E-state index < -0.39 is 30.5 Å². The van der Waals surface area contributed by atoms with Gasteiger partial charge in [0.05, 0.1) is 0 Å². The van der Waals surface area contributed by atoms with E-state index >= 15 is 0 Å². The molecule has 1 aliphatic carbocycles. The number of halogens is 3. The molecule has 2 rings (SSSR count). The Morgan fingerprint density at radius 3 is 2.24 bits per heavy atom. The Morgan fingerprint density at radius 1 is 1.29 bits per heavy atom. The molecular weight excluding hydrogens is 239 g/mol. The largest absolute Gasteiger partial charge is 0.481 e. The molecule has 1 amide bonds. The van der Waals surface area contributed by atoms with Crippen molar-refractivity contribution >= 4 is 11.9 Å². The first kappa shape index (κ1) is 12.2. The van der Waals surface area contributed by atoms with Crippen molar-refractivity contribution in [2.24, 2.45) is 11.3 Å². The van der Waals surface area contributed by atoms with E-state index in [1.807, 2.05) is 0 Å². The van der Waals surface area contributed by atoms with Gasteiger partial charge >= 0.3 is 12.1 Å². The Balaban J connectivity index is 2.16. The number of hydrogen-bond donors (Lipinski definition) is 1. The summed E-state index contributed by atoms with van der Waals surface area (Å²) < 4.78 is 38.4. The van der Waals surface area contributed by atoms with Crippen LogP contribution in [0.3, 0.4) is 0 Å². The molecule has 1 unspecified atom stereocenters. The summed E-state index contributed by atoms with van der Waals surface area (Å²) in [5.74, 6) is -2.42. The predicted molar refractivity (Wildman–Crippen MR) is 50.0 cm³/mol. The topological polar surface area (TPSA) is 57.6 Å². The van der Waals surface area contributed by atoms with Crippen LogP contribution in [0.15, 0.2) is 0 Å². The molecule has 0 aromatic heterocycles. The average Bonchev–Trinajstić information content (AvgIpc) is 2.93. The fourth-order valence-electron chi connectivity index (χ4n) is 2.11. The summed E-state index contributed by atoms with van der Waals surface area (Å²) in [4.78, 5) is 23.5. The highest BCUT2D eigenvalue weighted by molar-refractivity contribution is 5.84. The first-order valence-corrected chi connectivity index (χ1v) is 5.37. The van der Waals surface area contributed by atoms with Crippen molar-refractivity contribution in [1.29, 1.82) is 0 Å². The minimum Gasteiger partial charge on any atom is -0.481 e. The van der Waals surface area contributed by atoms with Crippen LogP contribution in [0, 0.1) is 11.3 Å². The second-order valence-electron chi connectivity index (χ2n) is 4.67. The summed E-state index contributed by atoms with van der Waals surface area (Å²) in [7, 11) is 0. The van der Waals surface area contributed by atoms with Crippen LogP contribution in [0.1, 0.15) is 19.3 Å². The molecule has 17 heavy (non-hydrogen) atoms. The molecule has 0 spiro atoms. The lowest BCUT2D eigenvalue weighted by atomic mass is 9.86. The standard InChI is InChI=1S/C10H12F3NO3/c11-10(12,13)9(8(16)17)3-4-14(5-9)7(15)6-1-2-6/h6H,1-5H2,(H,16,17). The SMILES string of the molecule is O=C(C1CC1)N1CCC(C(=O)O)(C(F)(F)F)C1. The molecule has 1 atom stereocenters. The highest BCUT2D eigenvalue weighted by Crippen LogP contribution is 2.46. The molecule has 0 radical (unpaired) electrons. The van der Waals surface area contributed by atoms with Gasteiger partial charge in [0.15, 0.2) is 5.41 Å². The van der Waals surface area contributed by atoms with E-state index in [0.717, 1.165) is 4.90 Å². The van der Waals surface area contributed by atoms with E-state index in [4.69, 9.17) is 5.11 Å². The summed E-state index contributed by atoms with van der Waals surface area (Å²) in [5.41, 5.74) is -2.78. The zero-order valence-corrected chi connectivity index (χ0v) is 8.96. The molecule has 1 heterocycles. The van der Waals surface area contributed by atoms with E-state index in [0.29, 0.717) is 12.8 Å². The van der Waals surface area contributed by atoms with Gasteiger partial charge in [0, 0.05) is 19.0 Å². The Hall–Kier alpha value is -1.27. The highest BCUT2D eigenvalue weighted by atomic mass is 19.4. The number of carbonyl (C=O) groups is 2. The number of hydrogen-bond acceptors (Lipinski definition) is 2. The summed E-state index contributed by atoms with van der Waals surface area (Å²) >= 11 is 0. The van der Waals surface area contributed by atoms with E-state index in [1.165, 1.54) is 0 Å². The molecule has 0 aromatic carbocycles. The van der Waals surface area contributed by atoms with E-state index in [2.05, 4.69) is 0 Å². The number of carboxylic acids is 1. The van der Waals surface area contributed by atoms with Gasteiger partial charge in [0.25, 0.3) is 0 Å². The van der Waals surface area contributed by atoms with Crippen LogP contribution in [-0.4, -0.2) is 41.1 Å². The third-order valence-electron chi connectivity index (χ3n) is 3.46. The van der Waals surface area contributed by atoms with Gasteiger partial charge in [-0.25, -0.2) is 0 Å². The van der Waals surface area contributed by atoms with Gasteiger partial charge < -0.3 is 10.0 Å². The third kappa shape index (κ3) is 1.87. The Bertz CT molecular complexity index is 364. The van der Waals surface area contributed by atoms with Crippen molar-refractivity contribution in [3.8, 4) is 0 Å². The lowest BCUT2D eigenvalue weighted by molar-refractivity contribution is -0.227. The van der Waals surface area contributed by atoms with Crippen LogP contribution < -0.4 is 0 Å². The van der Waals surface area contributed by atoms with Crippen molar-refractivity contribution in [3.05, 3.63) is 0 Å². The third-order valence-corrected chi connectivity index (χ3v) is 3.46. The van der Waals surface area contributed by atoms with Crippen LogP contribution in [0.25, 0.3) is 0 Å². The minimum atomic E-state index is -4.82. The number of aliphatic carboxylic acids is 1. The fourth-order valence-corrected chi connectivity index (χ4v) is 2.11. The van der Waals surface area contributed by atoms with Gasteiger partial charge in [-0.3, -0.25) is 9.59 Å². The molecule has 96 valence electrons. The summed E-state index contributed by atoms with van der Waals surface area (Å²) in [6.45, 7) is -0.873. The maximum Gasteiger partial charge on any atom is 0.406 e. The number of rotatable bonds is 2. The van der Waals surface area contributed by atoms with Crippen molar-refractivity contribution in [3.63, 3.8) is 0 Å². The van der Waals surface area contributed by atoms with Crippen LogP contribution in [0.4, 0.5) is 13.2 Å². The minimum absolute atomic E-state index is 0.124. The molecule has 0 bridgehead atoms. The van der Waals surface area contributed by atoms with Crippen LogP contribution in [0.2, 0.25) is 0 Å². The maximum absolute atomic E-state index is 12.8. The smallest absolute Gasteiger partial charge is 0.406 e. The van der Waals surface area contributed by atoms with Crippen molar-refractivity contribution in [2.45, 2.75) is 25.4 Å². The van der Waals surface area contributed by atoms with Gasteiger partial charge in [0.1, 0.15) is 0 Å². The second kappa shape index (κ2) is 3.61. The van der Waals surface area contributed by atoms with Gasteiger partial charge in [0.2, 0.25) is 5.91 Å². The zero-order valence-electron chi connectivity index (χ0n) is 8.96. The summed E-state index contributed by atoms with van der Waals surface area (Å²) in [6.07, 6.45) is -3.98. The quantitative estimate of drug-likeness (QED) is 0.803. The fraction of sp³-hybridized carbons (Fsp3) is 0.800. The van der Waals surface area contributed by atoms with Crippen molar-refractivity contribution in [2.75, 3.05) is 13.1 Å². The summed E-state index contributed by atoms with van der Waals surface area (Å²) in [6, 6.07) is 0. The van der Waals surface area contributed by atoms with Gasteiger partial charge in [-0.1, -0.05) is 0 Å². The average molecular weight is 251 g/mol. The van der Waals surface area contributed by atoms with Gasteiger partial charge in [-0.05, 0) is 19.3 Å². The molecule has 0 aromatic rings. The molecular formula is C10H12F3NO3. The lowest BCUT2D eigenvalue weighted by Crippen LogP contribution is -2.47. The first-order chi connectivity index (χ1) is 7.78. The van der Waals surface area contributed by atoms with E-state index in [-0.39, 0.29) is 18.4 Å². The number of alkyl halides is 3. The van der Waals surface area contributed by atoms with Gasteiger partial charge in [-0.15, -0.1) is 0 Å². The van der Waals surface area contributed by atoms with E-state index in [1.54, 1.807) is 0 Å². The zero-order chi connectivity index (χ0) is 12.8. The van der Waals surface area contributed by atoms with Crippen LogP contribution >= 0.6 is 0 Å². The molecule has 2 fully saturated rings. The predicted octanol–water partition coefficient (Wildman–Crippen LogP) is 1.26. The highest BCUT2D eigenvalue weighted by Gasteiger charge is 2.64. The lowest BCUT2D eigenvalue weighted by Gasteiger charge is -2.27. The van der Waals surface area contributed by atoms with Crippen LogP contribution in [-0.2, 0) is 9.59 Å². The number of nitrogens with zero attached hydrogens (tertiary/aromatic N) is 1. The molecule has 1 saturated carbocycles. The second-order valence-corrected chi connectivity index (χ2v) is 4.67. The molecule has 1 N–H and O–H groups in total. The Labute approximate surface area is 95.4 Å². The molecule has 4 nitrogen and oxygen atoms in total. The number of amides is 1. The van der Waals surface area contributed by atoms with E-state index in [9.17, 15) is 22.8 Å². The monoisotopic (exact) mass is 251 g/mol. The molecule has 1 aliphatic heterocycles. The van der Waals surface area contributed by atoms with Gasteiger partial charge in [-0.2, -0.15) is 13.2 Å². The molecule has 7 heteroatoms. The maximum atomic E-state index is 12.8.